The highest BCUT2D eigenvalue weighted by molar-refractivity contribution is 7.80. The summed E-state index contributed by atoms with van der Waals surface area (Å²) in [6.07, 6.45) is 0. The molecule has 2 rings (SSSR count). The van der Waals surface area contributed by atoms with Gasteiger partial charge in [-0.3, -0.25) is 0 Å². The second-order valence-electron chi connectivity index (χ2n) is 5.74. The van der Waals surface area contributed by atoms with Crippen molar-refractivity contribution in [2.75, 3.05) is 6.54 Å². The minimum atomic E-state index is 0.582. The van der Waals surface area contributed by atoms with Crippen LogP contribution in [0.2, 0.25) is 0 Å². The van der Waals surface area contributed by atoms with Crippen molar-refractivity contribution < 1.29 is 4.74 Å². The molecule has 2 aromatic rings. The lowest BCUT2D eigenvalue weighted by Gasteiger charge is -2.13. The average molecular weight is 340 g/mol. The smallest absolute Gasteiger partial charge is 0.166 e. The number of ether oxygens (including phenoxy) is 1. The van der Waals surface area contributed by atoms with Crippen molar-refractivity contribution in [3.05, 3.63) is 83.4 Å². The third kappa shape index (κ3) is 6.52. The minimum Gasteiger partial charge on any atom is -0.372 e. The maximum absolute atomic E-state index is 5.84. The molecule has 2 N–H and O–H groups in total. The maximum atomic E-state index is 5.84. The molecule has 0 atom stereocenters. The SMILES string of the molecule is C=C(C)CNC(=S)NCc1ccccc1COCc1ccccc1. The molecule has 0 spiro atoms. The fraction of sp³-hybridized carbons (Fsp3) is 0.250. The highest BCUT2D eigenvalue weighted by atomic mass is 32.1. The van der Waals surface area contributed by atoms with Crippen molar-refractivity contribution >= 4 is 17.3 Å². The van der Waals surface area contributed by atoms with Crippen molar-refractivity contribution in [1.82, 2.24) is 10.6 Å². The van der Waals surface area contributed by atoms with E-state index < -0.39 is 0 Å². The number of thiocarbonyl (C=S) groups is 1. The largest absolute Gasteiger partial charge is 0.372 e. The van der Waals surface area contributed by atoms with Gasteiger partial charge in [-0.15, -0.1) is 0 Å². The molecule has 3 nitrogen and oxygen atoms in total. The normalized spacial score (nSPS) is 10.2. The molecule has 0 fully saturated rings. The predicted molar refractivity (Wildman–Crippen MR) is 104 cm³/mol. The molecule has 126 valence electrons. The quantitative estimate of drug-likeness (QED) is 0.563. The third-order valence-corrected chi connectivity index (χ3v) is 3.77. The fourth-order valence-electron chi connectivity index (χ4n) is 2.19. The average Bonchev–Trinajstić information content (AvgIpc) is 2.60. The Kier molecular flexibility index (Phi) is 7.46. The Morgan fingerprint density at radius 1 is 0.958 bits per heavy atom. The molecule has 0 saturated heterocycles. The van der Waals surface area contributed by atoms with Gasteiger partial charge in [0.2, 0.25) is 0 Å². The van der Waals surface area contributed by atoms with Gasteiger partial charge in [0.05, 0.1) is 13.2 Å². The molecule has 24 heavy (non-hydrogen) atoms. The molecule has 0 saturated carbocycles. The predicted octanol–water partition coefficient (Wildman–Crippen LogP) is 3.94. The first kappa shape index (κ1) is 18.2. The molecule has 0 amide bonds. The van der Waals surface area contributed by atoms with E-state index in [1.54, 1.807) is 0 Å². The van der Waals surface area contributed by atoms with Crippen LogP contribution in [0.25, 0.3) is 0 Å². The Morgan fingerprint density at radius 2 is 1.62 bits per heavy atom. The molecule has 0 aliphatic carbocycles. The fourth-order valence-corrected chi connectivity index (χ4v) is 2.34. The van der Waals surface area contributed by atoms with Crippen LogP contribution < -0.4 is 10.6 Å². The summed E-state index contributed by atoms with van der Waals surface area (Å²) in [4.78, 5) is 0. The first-order chi connectivity index (χ1) is 11.6. The van der Waals surface area contributed by atoms with Crippen LogP contribution in [-0.4, -0.2) is 11.7 Å². The summed E-state index contributed by atoms with van der Waals surface area (Å²) in [5.74, 6) is 0. The van der Waals surface area contributed by atoms with E-state index in [0.717, 1.165) is 5.57 Å². The number of hydrogen-bond acceptors (Lipinski definition) is 2. The summed E-state index contributed by atoms with van der Waals surface area (Å²) >= 11 is 5.27. The molecule has 0 heterocycles. The molecule has 4 heteroatoms. The summed E-state index contributed by atoms with van der Waals surface area (Å²) in [5.41, 5.74) is 4.58. The Bertz CT molecular complexity index is 670. The van der Waals surface area contributed by atoms with Crippen LogP contribution in [0.4, 0.5) is 0 Å². The first-order valence-electron chi connectivity index (χ1n) is 7.99. The molecule has 0 aliphatic heterocycles. The van der Waals surface area contributed by atoms with Gasteiger partial charge in [-0.1, -0.05) is 66.7 Å². The zero-order valence-electron chi connectivity index (χ0n) is 14.0. The van der Waals surface area contributed by atoms with Crippen molar-refractivity contribution in [1.29, 1.82) is 0 Å². The van der Waals surface area contributed by atoms with E-state index in [4.69, 9.17) is 17.0 Å². The minimum absolute atomic E-state index is 0.582. The lowest BCUT2D eigenvalue weighted by molar-refractivity contribution is 0.106. The van der Waals surface area contributed by atoms with Gasteiger partial charge in [0.1, 0.15) is 0 Å². The van der Waals surface area contributed by atoms with E-state index in [-0.39, 0.29) is 0 Å². The van der Waals surface area contributed by atoms with E-state index >= 15 is 0 Å². The topological polar surface area (TPSA) is 33.3 Å². The molecule has 0 bridgehead atoms. The molecule has 2 aromatic carbocycles. The molecule has 0 aliphatic rings. The highest BCUT2D eigenvalue weighted by Crippen LogP contribution is 2.11. The summed E-state index contributed by atoms with van der Waals surface area (Å²) in [6, 6.07) is 18.4. The van der Waals surface area contributed by atoms with Crippen LogP contribution in [0.15, 0.2) is 66.7 Å². The summed E-state index contributed by atoms with van der Waals surface area (Å²) < 4.78 is 5.84. The molecular formula is C20H24N2OS. The van der Waals surface area contributed by atoms with Crippen LogP contribution in [0, 0.1) is 0 Å². The molecular weight excluding hydrogens is 316 g/mol. The standard InChI is InChI=1S/C20H24N2OS/c1-16(2)12-21-20(24)22-13-18-10-6-7-11-19(18)15-23-14-17-8-4-3-5-9-17/h3-11H,1,12-15H2,2H3,(H2,21,22,24). The van der Waals surface area contributed by atoms with Crippen molar-refractivity contribution in [2.24, 2.45) is 0 Å². The molecule has 0 radical (unpaired) electrons. The number of hydrogen-bond donors (Lipinski definition) is 2. The summed E-state index contributed by atoms with van der Waals surface area (Å²) in [5, 5.41) is 6.99. The Hall–Kier alpha value is -2.17. The molecule has 0 unspecified atom stereocenters. The van der Waals surface area contributed by atoms with Gasteiger partial charge in [0.25, 0.3) is 0 Å². The highest BCUT2D eigenvalue weighted by Gasteiger charge is 2.03. The van der Waals surface area contributed by atoms with Crippen LogP contribution >= 0.6 is 12.2 Å². The van der Waals surface area contributed by atoms with Crippen LogP contribution in [0.3, 0.4) is 0 Å². The maximum Gasteiger partial charge on any atom is 0.166 e. The third-order valence-electron chi connectivity index (χ3n) is 3.48. The molecule has 0 aromatic heterocycles. The number of rotatable bonds is 8. The van der Waals surface area contributed by atoms with Gasteiger partial charge in [-0.25, -0.2) is 0 Å². The van der Waals surface area contributed by atoms with Gasteiger partial charge < -0.3 is 15.4 Å². The first-order valence-corrected chi connectivity index (χ1v) is 8.40. The van der Waals surface area contributed by atoms with Crippen LogP contribution in [0.5, 0.6) is 0 Å². The Labute approximate surface area is 149 Å². The summed E-state index contributed by atoms with van der Waals surface area (Å²) in [7, 11) is 0. The van der Waals surface area contributed by atoms with Crippen molar-refractivity contribution in [3.63, 3.8) is 0 Å². The summed E-state index contributed by atoms with van der Waals surface area (Å²) in [6.45, 7) is 8.38. The van der Waals surface area contributed by atoms with Gasteiger partial charge in [0.15, 0.2) is 5.11 Å². The lowest BCUT2D eigenvalue weighted by Crippen LogP contribution is -2.35. The van der Waals surface area contributed by atoms with Crippen LogP contribution in [-0.2, 0) is 24.5 Å². The lowest BCUT2D eigenvalue weighted by atomic mass is 10.1. The Balaban J connectivity index is 1.83. The van der Waals surface area contributed by atoms with E-state index in [1.807, 2.05) is 37.3 Å². The van der Waals surface area contributed by atoms with Gasteiger partial charge in [-0.05, 0) is 35.8 Å². The van der Waals surface area contributed by atoms with E-state index in [0.29, 0.717) is 31.4 Å². The monoisotopic (exact) mass is 340 g/mol. The van der Waals surface area contributed by atoms with Gasteiger partial charge in [0, 0.05) is 13.1 Å². The van der Waals surface area contributed by atoms with Crippen molar-refractivity contribution in [3.8, 4) is 0 Å². The Morgan fingerprint density at radius 3 is 2.33 bits per heavy atom. The van der Waals surface area contributed by atoms with E-state index in [2.05, 4.69) is 41.5 Å². The van der Waals surface area contributed by atoms with Gasteiger partial charge in [-0.2, -0.15) is 0 Å². The van der Waals surface area contributed by atoms with Crippen LogP contribution in [0.1, 0.15) is 23.6 Å². The number of benzene rings is 2. The van der Waals surface area contributed by atoms with Gasteiger partial charge >= 0.3 is 0 Å². The number of nitrogens with one attached hydrogen (secondary N) is 2. The zero-order chi connectivity index (χ0) is 17.2. The zero-order valence-corrected chi connectivity index (χ0v) is 14.9. The second-order valence-corrected chi connectivity index (χ2v) is 6.15. The van der Waals surface area contributed by atoms with E-state index in [9.17, 15) is 0 Å². The second kappa shape index (κ2) is 9.85. The van der Waals surface area contributed by atoms with E-state index in [1.165, 1.54) is 16.7 Å². The van der Waals surface area contributed by atoms with Crippen molar-refractivity contribution in [2.45, 2.75) is 26.7 Å².